The van der Waals surface area contributed by atoms with Crippen LogP contribution in [-0.2, 0) is 4.94 Å². The summed E-state index contributed by atoms with van der Waals surface area (Å²) in [5.41, 5.74) is 5.49. The molecule has 3 aliphatic carbocycles. The Morgan fingerprint density at radius 2 is 1.92 bits per heavy atom. The van der Waals surface area contributed by atoms with Gasteiger partial charge in [0, 0.05) is 13.4 Å². The van der Waals surface area contributed by atoms with Gasteiger partial charge in [0.1, 0.15) is 0 Å². The number of oxime groups is 1. The second-order valence-corrected chi connectivity index (χ2v) is 13.6. The van der Waals surface area contributed by atoms with Crippen LogP contribution in [0.2, 0.25) is 0 Å². The van der Waals surface area contributed by atoms with Crippen LogP contribution in [0.15, 0.2) is 29.5 Å². The Bertz CT molecular complexity index is 903. The molecule has 0 spiro atoms. The average molecular weight is 532 g/mol. The van der Waals surface area contributed by atoms with Crippen LogP contribution in [-0.4, -0.2) is 29.5 Å². The number of hydrogen-bond donors (Lipinski definition) is 3. The molecule has 0 aromatic rings. The second kappa shape index (κ2) is 12.6. The third-order valence-electron chi connectivity index (χ3n) is 11.2. The van der Waals surface area contributed by atoms with Crippen LogP contribution in [0.4, 0.5) is 4.79 Å². The standard InChI is InChI=1S/C24H38N2O3.C8H17N.H2/c1-6-8-17-9-10-18-20-12-11-19(16(3)25-29-26-22(27)28)24(20,5)15-13-21(18)23(17,4)14-7-2;1-4-7-8(2,3)5-6-9-7;/h6,8,18-21,26H,1,7,9-15H2,2-5H3,(H,27,28);7,9H,4-6H2,1-3H3;1H/b17-8-,25-16+;;. The molecule has 6 heteroatoms. The summed E-state index contributed by atoms with van der Waals surface area (Å²) in [5.74, 6) is 2.60. The highest BCUT2D eigenvalue weighted by Crippen LogP contribution is 2.66. The largest absolute Gasteiger partial charge is 0.463 e. The molecule has 3 saturated carbocycles. The molecular formula is C32H57N3O3. The van der Waals surface area contributed by atoms with Gasteiger partial charge < -0.3 is 10.4 Å². The maximum absolute atomic E-state index is 10.6. The van der Waals surface area contributed by atoms with E-state index in [4.69, 9.17) is 10.0 Å². The first kappa shape index (κ1) is 30.7. The third-order valence-corrected chi connectivity index (χ3v) is 11.2. The van der Waals surface area contributed by atoms with Gasteiger partial charge in [-0.25, -0.2) is 4.79 Å². The average Bonchev–Trinajstić information content (AvgIpc) is 3.39. The van der Waals surface area contributed by atoms with Crippen molar-refractivity contribution in [2.45, 2.75) is 119 Å². The lowest BCUT2D eigenvalue weighted by molar-refractivity contribution is -0.0415. The second-order valence-electron chi connectivity index (χ2n) is 13.6. The van der Waals surface area contributed by atoms with Crippen LogP contribution in [0.25, 0.3) is 0 Å². The molecule has 1 aliphatic heterocycles. The third kappa shape index (κ3) is 6.16. The topological polar surface area (TPSA) is 83.0 Å². The summed E-state index contributed by atoms with van der Waals surface area (Å²) in [6, 6.07) is 0.762. The number of allylic oxidation sites excluding steroid dienone is 3. The number of carboxylic acid groups (broad SMARTS) is 1. The monoisotopic (exact) mass is 531 g/mol. The Morgan fingerprint density at radius 1 is 1.18 bits per heavy atom. The molecule has 4 rings (SSSR count). The van der Waals surface area contributed by atoms with Gasteiger partial charge in [-0.3, -0.25) is 4.94 Å². The highest BCUT2D eigenvalue weighted by molar-refractivity contribution is 5.85. The molecule has 0 aromatic heterocycles. The summed E-state index contributed by atoms with van der Waals surface area (Å²) < 4.78 is 0. The molecule has 38 heavy (non-hydrogen) atoms. The minimum absolute atomic E-state index is 0. The van der Waals surface area contributed by atoms with E-state index in [2.05, 4.69) is 64.7 Å². The molecule has 0 bridgehead atoms. The van der Waals surface area contributed by atoms with Crippen LogP contribution in [0.5, 0.6) is 0 Å². The van der Waals surface area contributed by atoms with Crippen molar-refractivity contribution in [1.82, 2.24) is 10.8 Å². The summed E-state index contributed by atoms with van der Waals surface area (Å²) in [6.45, 7) is 21.4. The normalized spacial score (nSPS) is 39.0. The predicted octanol–water partition coefficient (Wildman–Crippen LogP) is 8.36. The highest BCUT2D eigenvalue weighted by Gasteiger charge is 2.58. The van der Waals surface area contributed by atoms with Crippen molar-refractivity contribution in [2.75, 3.05) is 6.54 Å². The molecule has 1 heterocycles. The van der Waals surface area contributed by atoms with Crippen LogP contribution in [0, 0.1) is 39.9 Å². The molecular weight excluding hydrogens is 474 g/mol. The summed E-state index contributed by atoms with van der Waals surface area (Å²) in [7, 11) is 0. The molecule has 6 nitrogen and oxygen atoms in total. The van der Waals surface area contributed by atoms with E-state index in [1.807, 2.05) is 18.5 Å². The molecule has 3 N–H and O–H groups in total. The van der Waals surface area contributed by atoms with Crippen LogP contribution in [0.3, 0.4) is 0 Å². The maximum atomic E-state index is 10.6. The van der Waals surface area contributed by atoms with Gasteiger partial charge >= 0.3 is 6.09 Å². The van der Waals surface area contributed by atoms with E-state index in [1.54, 1.807) is 5.57 Å². The predicted molar refractivity (Wildman–Crippen MR) is 159 cm³/mol. The molecule has 1 amide bonds. The van der Waals surface area contributed by atoms with Crippen molar-refractivity contribution in [1.29, 1.82) is 0 Å². The van der Waals surface area contributed by atoms with Crippen molar-refractivity contribution in [3.05, 3.63) is 24.3 Å². The fourth-order valence-electron chi connectivity index (χ4n) is 9.21. The van der Waals surface area contributed by atoms with E-state index in [-0.39, 0.29) is 6.84 Å². The summed E-state index contributed by atoms with van der Waals surface area (Å²) in [6.07, 6.45) is 15.5. The van der Waals surface area contributed by atoms with Gasteiger partial charge in [0.2, 0.25) is 0 Å². The van der Waals surface area contributed by atoms with Gasteiger partial charge in [-0.05, 0) is 105 Å². The Morgan fingerprint density at radius 3 is 2.47 bits per heavy atom. The summed E-state index contributed by atoms with van der Waals surface area (Å²) >= 11 is 0. The van der Waals surface area contributed by atoms with Gasteiger partial charge in [-0.1, -0.05) is 77.4 Å². The molecule has 1 saturated heterocycles. The quantitative estimate of drug-likeness (QED) is 0.228. The van der Waals surface area contributed by atoms with Gasteiger partial charge in [0.05, 0.1) is 5.71 Å². The van der Waals surface area contributed by atoms with Crippen LogP contribution in [0.1, 0.15) is 114 Å². The SMILES string of the molecule is C=C/C=C1/CCC2C(CCC3(C)C(/C(C)=N/ONC(=O)O)CCC23)C1(C)CCC.CCC1NCCC1(C)C.[HH]. The van der Waals surface area contributed by atoms with Crippen molar-refractivity contribution in [3.63, 3.8) is 0 Å². The van der Waals surface area contributed by atoms with Crippen LogP contribution < -0.4 is 10.8 Å². The van der Waals surface area contributed by atoms with Crippen molar-refractivity contribution in [2.24, 2.45) is 45.1 Å². The van der Waals surface area contributed by atoms with Gasteiger partial charge in [-0.15, -0.1) is 5.48 Å². The van der Waals surface area contributed by atoms with Crippen molar-refractivity contribution in [3.8, 4) is 0 Å². The van der Waals surface area contributed by atoms with E-state index < -0.39 is 6.09 Å². The molecule has 0 radical (unpaired) electrons. The Balaban J connectivity index is 0.000000453. The lowest BCUT2D eigenvalue weighted by atomic mass is 9.47. The molecule has 218 valence electrons. The lowest BCUT2D eigenvalue weighted by Crippen LogP contribution is -2.50. The molecule has 0 aromatic carbocycles. The number of hydrogen-bond acceptors (Lipinski definition) is 4. The van der Waals surface area contributed by atoms with Gasteiger partial charge in [0.25, 0.3) is 0 Å². The van der Waals surface area contributed by atoms with Crippen LogP contribution >= 0.6 is 0 Å². The number of amides is 1. The smallest absolute Gasteiger partial charge is 0.440 e. The highest BCUT2D eigenvalue weighted by atomic mass is 16.8. The Hall–Kier alpha value is -1.82. The zero-order valence-electron chi connectivity index (χ0n) is 25.2. The number of rotatable bonds is 7. The number of hydroxylamine groups is 1. The van der Waals surface area contributed by atoms with E-state index in [0.29, 0.717) is 22.7 Å². The number of carbonyl (C=O) groups is 1. The molecule has 4 fully saturated rings. The first-order chi connectivity index (χ1) is 17.9. The first-order valence-corrected chi connectivity index (χ1v) is 15.2. The number of nitrogens with one attached hydrogen (secondary N) is 2. The Labute approximate surface area is 233 Å². The molecule has 7 unspecified atom stereocenters. The molecule has 4 aliphatic rings. The van der Waals surface area contributed by atoms with E-state index in [1.165, 1.54) is 64.3 Å². The fourth-order valence-corrected chi connectivity index (χ4v) is 9.21. The summed E-state index contributed by atoms with van der Waals surface area (Å²) in [4.78, 5) is 15.4. The number of fused-ring (bicyclic) bond motifs is 3. The zero-order chi connectivity index (χ0) is 28.1. The first-order valence-electron chi connectivity index (χ1n) is 15.2. The van der Waals surface area contributed by atoms with E-state index >= 15 is 0 Å². The number of nitrogens with zero attached hydrogens (tertiary/aromatic N) is 1. The lowest BCUT2D eigenvalue weighted by Gasteiger charge is -2.57. The van der Waals surface area contributed by atoms with Crippen molar-refractivity contribution >= 4 is 11.8 Å². The van der Waals surface area contributed by atoms with Crippen molar-refractivity contribution < 1.29 is 16.3 Å². The fraction of sp³-hybridized carbons (Fsp3) is 0.812. The van der Waals surface area contributed by atoms with Gasteiger partial charge in [0.15, 0.2) is 0 Å². The Kier molecular flexibility index (Phi) is 10.2. The minimum atomic E-state index is -1.22. The maximum Gasteiger partial charge on any atom is 0.440 e. The van der Waals surface area contributed by atoms with Gasteiger partial charge in [-0.2, -0.15) is 0 Å². The minimum Gasteiger partial charge on any atom is -0.463 e. The molecule has 7 atom stereocenters. The van der Waals surface area contributed by atoms with E-state index in [0.717, 1.165) is 30.0 Å². The van der Waals surface area contributed by atoms with E-state index in [9.17, 15) is 4.79 Å². The zero-order valence-corrected chi connectivity index (χ0v) is 25.2. The summed E-state index contributed by atoms with van der Waals surface area (Å²) in [5, 5.41) is 16.3.